The van der Waals surface area contributed by atoms with Crippen LogP contribution in [0.25, 0.3) is 0 Å². The van der Waals surface area contributed by atoms with Crippen molar-refractivity contribution in [3.63, 3.8) is 0 Å². The molecular weight excluding hydrogens is 264 g/mol. The fraction of sp³-hybridized carbons (Fsp3) is 0.312. The highest BCUT2D eigenvalue weighted by atomic mass is 16.5. The molecule has 2 N–H and O–H groups in total. The topological polar surface area (TPSA) is 54.6 Å². The molecule has 5 nitrogen and oxygen atoms in total. The average Bonchev–Trinajstić information content (AvgIpc) is 2.55. The lowest BCUT2D eigenvalue weighted by Gasteiger charge is -2.36. The zero-order valence-corrected chi connectivity index (χ0v) is 12.2. The van der Waals surface area contributed by atoms with Crippen molar-refractivity contribution >= 4 is 17.2 Å². The van der Waals surface area contributed by atoms with Gasteiger partial charge in [-0.15, -0.1) is 0 Å². The highest BCUT2D eigenvalue weighted by Gasteiger charge is 2.18. The van der Waals surface area contributed by atoms with Crippen molar-refractivity contribution in [1.82, 2.24) is 4.98 Å². The molecule has 0 aliphatic carbocycles. The van der Waals surface area contributed by atoms with Gasteiger partial charge in [0, 0.05) is 49.8 Å². The Balaban J connectivity index is 1.64. The summed E-state index contributed by atoms with van der Waals surface area (Å²) in [5, 5.41) is 0. The van der Waals surface area contributed by atoms with Gasteiger partial charge >= 0.3 is 0 Å². The van der Waals surface area contributed by atoms with Gasteiger partial charge in [0.1, 0.15) is 11.6 Å². The summed E-state index contributed by atoms with van der Waals surface area (Å²) < 4.78 is 5.20. The van der Waals surface area contributed by atoms with Crippen LogP contribution in [0.1, 0.15) is 0 Å². The second-order valence-electron chi connectivity index (χ2n) is 5.12. The molecule has 1 aliphatic rings. The van der Waals surface area contributed by atoms with Crippen molar-refractivity contribution in [3.8, 4) is 5.75 Å². The fourth-order valence-electron chi connectivity index (χ4n) is 2.59. The van der Waals surface area contributed by atoms with Crippen LogP contribution in [0.3, 0.4) is 0 Å². The maximum atomic E-state index is 5.82. The summed E-state index contributed by atoms with van der Waals surface area (Å²) in [6.45, 7) is 3.84. The Labute approximate surface area is 125 Å². The van der Waals surface area contributed by atoms with E-state index in [0.29, 0.717) is 0 Å². The zero-order valence-electron chi connectivity index (χ0n) is 12.2. The zero-order chi connectivity index (χ0) is 14.7. The molecule has 2 aromatic rings. The Morgan fingerprint density at radius 1 is 1.00 bits per heavy atom. The second-order valence-corrected chi connectivity index (χ2v) is 5.12. The number of aromatic nitrogens is 1. The molecule has 110 valence electrons. The number of nitrogens with two attached hydrogens (primary N) is 1. The molecule has 0 radical (unpaired) electrons. The van der Waals surface area contributed by atoms with Gasteiger partial charge in [-0.3, -0.25) is 0 Å². The molecule has 0 spiro atoms. The third-order valence-electron chi connectivity index (χ3n) is 3.81. The number of nitrogens with zero attached hydrogens (tertiary/aromatic N) is 3. The lowest BCUT2D eigenvalue weighted by molar-refractivity contribution is 0.415. The Morgan fingerprint density at radius 2 is 1.67 bits per heavy atom. The summed E-state index contributed by atoms with van der Waals surface area (Å²) in [6.07, 6.45) is 1.76. The first kappa shape index (κ1) is 13.5. The maximum absolute atomic E-state index is 5.82. The van der Waals surface area contributed by atoms with Gasteiger partial charge in [-0.2, -0.15) is 0 Å². The van der Waals surface area contributed by atoms with Crippen molar-refractivity contribution in [2.24, 2.45) is 0 Å². The highest BCUT2D eigenvalue weighted by molar-refractivity contribution is 5.53. The van der Waals surface area contributed by atoms with Gasteiger partial charge in [-0.25, -0.2) is 4.98 Å². The van der Waals surface area contributed by atoms with Crippen LogP contribution in [-0.2, 0) is 0 Å². The van der Waals surface area contributed by atoms with Crippen molar-refractivity contribution in [2.45, 2.75) is 0 Å². The Bertz CT molecular complexity index is 591. The number of piperazine rings is 1. The normalized spacial score (nSPS) is 15.1. The summed E-state index contributed by atoms with van der Waals surface area (Å²) in [6, 6.07) is 12.0. The summed E-state index contributed by atoms with van der Waals surface area (Å²) >= 11 is 0. The molecule has 1 aromatic carbocycles. The molecular formula is C16H20N4O. The third kappa shape index (κ3) is 3.02. The molecule has 1 aromatic heterocycles. The van der Waals surface area contributed by atoms with Crippen LogP contribution in [0.2, 0.25) is 0 Å². The van der Waals surface area contributed by atoms with E-state index in [4.69, 9.17) is 10.5 Å². The minimum atomic E-state index is 0.762. The van der Waals surface area contributed by atoms with Crippen molar-refractivity contribution in [3.05, 3.63) is 42.6 Å². The number of ether oxygens (including phenoxy) is 1. The smallest absolute Gasteiger partial charge is 0.130 e. The molecule has 0 amide bonds. The molecule has 1 aliphatic heterocycles. The maximum Gasteiger partial charge on any atom is 0.130 e. The number of pyridine rings is 1. The second kappa shape index (κ2) is 5.91. The van der Waals surface area contributed by atoms with Crippen LogP contribution in [0.4, 0.5) is 17.2 Å². The lowest BCUT2D eigenvalue weighted by Crippen LogP contribution is -2.46. The molecule has 1 saturated heterocycles. The largest absolute Gasteiger partial charge is 0.497 e. The first-order valence-electron chi connectivity index (χ1n) is 7.12. The summed E-state index contributed by atoms with van der Waals surface area (Å²) in [5.41, 5.74) is 7.82. The van der Waals surface area contributed by atoms with Gasteiger partial charge in [-0.1, -0.05) is 0 Å². The van der Waals surface area contributed by atoms with Crippen molar-refractivity contribution in [2.75, 3.05) is 48.8 Å². The number of hydrogen-bond acceptors (Lipinski definition) is 5. The summed E-state index contributed by atoms with van der Waals surface area (Å²) in [5.74, 6) is 1.85. The Kier molecular flexibility index (Phi) is 3.81. The third-order valence-corrected chi connectivity index (χ3v) is 3.81. The first-order valence-corrected chi connectivity index (χ1v) is 7.12. The summed E-state index contributed by atoms with van der Waals surface area (Å²) in [7, 11) is 1.69. The quantitative estimate of drug-likeness (QED) is 0.934. The van der Waals surface area contributed by atoms with Crippen LogP contribution >= 0.6 is 0 Å². The fourth-order valence-corrected chi connectivity index (χ4v) is 2.59. The van der Waals surface area contributed by atoms with E-state index in [9.17, 15) is 0 Å². The molecule has 0 atom stereocenters. The number of rotatable bonds is 3. The Hall–Kier alpha value is -2.43. The van der Waals surface area contributed by atoms with Crippen LogP contribution in [0.15, 0.2) is 42.6 Å². The van der Waals surface area contributed by atoms with Gasteiger partial charge in [0.2, 0.25) is 0 Å². The molecule has 3 rings (SSSR count). The highest BCUT2D eigenvalue weighted by Crippen LogP contribution is 2.22. The van der Waals surface area contributed by atoms with Gasteiger partial charge in [0.05, 0.1) is 7.11 Å². The molecule has 0 saturated carbocycles. The molecule has 5 heteroatoms. The minimum absolute atomic E-state index is 0.762. The van der Waals surface area contributed by atoms with Gasteiger partial charge in [-0.05, 0) is 30.3 Å². The number of hydrogen-bond donors (Lipinski definition) is 1. The SMILES string of the molecule is COc1ccc(N2CCN(c3cc(N)ccn3)CC2)cc1. The minimum Gasteiger partial charge on any atom is -0.497 e. The monoisotopic (exact) mass is 284 g/mol. The molecule has 21 heavy (non-hydrogen) atoms. The van der Waals surface area contributed by atoms with Crippen molar-refractivity contribution < 1.29 is 4.74 Å². The number of benzene rings is 1. The van der Waals surface area contributed by atoms with Crippen LogP contribution in [0.5, 0.6) is 5.75 Å². The molecule has 0 unspecified atom stereocenters. The van der Waals surface area contributed by atoms with E-state index >= 15 is 0 Å². The van der Waals surface area contributed by atoms with E-state index in [2.05, 4.69) is 26.9 Å². The van der Waals surface area contributed by atoms with Gasteiger partial charge in [0.25, 0.3) is 0 Å². The van der Waals surface area contributed by atoms with E-state index in [-0.39, 0.29) is 0 Å². The standard InChI is InChI=1S/C16H20N4O/c1-21-15-4-2-14(3-5-15)19-8-10-20(11-9-19)16-12-13(17)6-7-18-16/h2-7,12H,8-11H2,1H3,(H2,17,18). The first-order chi connectivity index (χ1) is 10.3. The number of methoxy groups -OCH3 is 1. The molecule has 0 bridgehead atoms. The molecule has 1 fully saturated rings. The number of anilines is 3. The Morgan fingerprint density at radius 3 is 2.29 bits per heavy atom. The van der Waals surface area contributed by atoms with Gasteiger partial charge < -0.3 is 20.3 Å². The lowest BCUT2D eigenvalue weighted by atomic mass is 10.2. The van der Waals surface area contributed by atoms with E-state index < -0.39 is 0 Å². The summed E-state index contributed by atoms with van der Waals surface area (Å²) in [4.78, 5) is 9.05. The van der Waals surface area contributed by atoms with Gasteiger partial charge in [0.15, 0.2) is 0 Å². The van der Waals surface area contributed by atoms with Crippen molar-refractivity contribution in [1.29, 1.82) is 0 Å². The predicted octanol–water partition coefficient (Wildman–Crippen LogP) is 2.00. The van der Waals surface area contributed by atoms with E-state index in [1.165, 1.54) is 5.69 Å². The van der Waals surface area contributed by atoms with E-state index in [1.807, 2.05) is 24.3 Å². The average molecular weight is 284 g/mol. The number of nitrogen functional groups attached to an aromatic ring is 1. The van der Waals surface area contributed by atoms with Crippen LogP contribution in [-0.4, -0.2) is 38.3 Å². The van der Waals surface area contributed by atoms with Crippen LogP contribution in [0, 0.1) is 0 Å². The van der Waals surface area contributed by atoms with E-state index in [1.54, 1.807) is 13.3 Å². The van der Waals surface area contributed by atoms with E-state index in [0.717, 1.165) is 43.4 Å². The molecule has 2 heterocycles. The predicted molar refractivity (Wildman–Crippen MR) is 86.1 cm³/mol. The van der Waals surface area contributed by atoms with Crippen LogP contribution < -0.4 is 20.3 Å².